The van der Waals surface area contributed by atoms with E-state index in [-0.39, 0.29) is 17.5 Å². The van der Waals surface area contributed by atoms with E-state index in [1.807, 2.05) is 26.8 Å². The van der Waals surface area contributed by atoms with E-state index in [1.165, 1.54) is 24.6 Å². The fourth-order valence-corrected chi connectivity index (χ4v) is 4.46. The van der Waals surface area contributed by atoms with E-state index in [1.54, 1.807) is 19.1 Å². The van der Waals surface area contributed by atoms with Crippen LogP contribution in [0.5, 0.6) is 11.5 Å². The van der Waals surface area contributed by atoms with Crippen molar-refractivity contribution in [2.45, 2.75) is 45.2 Å². The molecule has 0 aliphatic carbocycles. The Labute approximate surface area is 149 Å². The summed E-state index contributed by atoms with van der Waals surface area (Å²) in [6.45, 7) is 7.41. The fourth-order valence-electron chi connectivity index (χ4n) is 2.63. The van der Waals surface area contributed by atoms with Crippen LogP contribution in [0.4, 0.5) is 0 Å². The maximum absolute atomic E-state index is 13.3. The summed E-state index contributed by atoms with van der Waals surface area (Å²) < 4.78 is 44.0. The van der Waals surface area contributed by atoms with Crippen LogP contribution in [0, 0.1) is 13.8 Å². The first-order valence-corrected chi connectivity index (χ1v) is 9.44. The third kappa shape index (κ3) is 3.99. The highest BCUT2D eigenvalue weighted by atomic mass is 32.2. The first-order valence-electron chi connectivity index (χ1n) is 8.00. The summed E-state index contributed by atoms with van der Waals surface area (Å²) in [5.74, 6) is 2.23. The van der Waals surface area contributed by atoms with Gasteiger partial charge in [-0.1, -0.05) is 0 Å². The smallest absolute Gasteiger partial charge is 0.244 e. The summed E-state index contributed by atoms with van der Waals surface area (Å²) in [5, 5.41) is 0. The van der Waals surface area contributed by atoms with Crippen molar-refractivity contribution in [2.75, 3.05) is 14.2 Å². The van der Waals surface area contributed by atoms with Crippen molar-refractivity contribution in [2.24, 2.45) is 0 Å². The van der Waals surface area contributed by atoms with Gasteiger partial charge in [-0.3, -0.25) is 0 Å². The molecule has 0 aliphatic rings. The first-order chi connectivity index (χ1) is 11.7. The average molecular weight is 367 g/mol. The van der Waals surface area contributed by atoms with Gasteiger partial charge >= 0.3 is 0 Å². The van der Waals surface area contributed by atoms with Crippen LogP contribution in [0.3, 0.4) is 0 Å². The molecule has 6 nitrogen and oxygen atoms in total. The van der Waals surface area contributed by atoms with Gasteiger partial charge in [0.15, 0.2) is 11.5 Å². The SMILES string of the molecule is COc1cc(C)c(S(=O)(=O)N(Cc2ccc(C)o2)C(C)C)cc1OC. The van der Waals surface area contributed by atoms with E-state index in [0.29, 0.717) is 22.8 Å². The molecule has 0 saturated carbocycles. The Morgan fingerprint density at radius 3 is 2.16 bits per heavy atom. The van der Waals surface area contributed by atoms with Crippen molar-refractivity contribution < 1.29 is 22.3 Å². The van der Waals surface area contributed by atoms with Gasteiger partial charge in [0.25, 0.3) is 0 Å². The van der Waals surface area contributed by atoms with Gasteiger partial charge in [-0.2, -0.15) is 4.31 Å². The second-order valence-electron chi connectivity index (χ2n) is 6.13. The number of hydrogen-bond donors (Lipinski definition) is 0. The van der Waals surface area contributed by atoms with E-state index in [4.69, 9.17) is 13.9 Å². The van der Waals surface area contributed by atoms with Crippen LogP contribution in [0.2, 0.25) is 0 Å². The third-order valence-electron chi connectivity index (χ3n) is 3.95. The molecule has 1 aromatic carbocycles. The second kappa shape index (κ2) is 7.49. The van der Waals surface area contributed by atoms with E-state index in [0.717, 1.165) is 5.76 Å². The van der Waals surface area contributed by atoms with E-state index < -0.39 is 10.0 Å². The highest BCUT2D eigenvalue weighted by Gasteiger charge is 2.30. The predicted octanol–water partition coefficient (Wildman–Crippen LogP) is 3.51. The second-order valence-corrected chi connectivity index (χ2v) is 7.99. The third-order valence-corrected chi connectivity index (χ3v) is 6.12. The van der Waals surface area contributed by atoms with Crippen LogP contribution in [-0.4, -0.2) is 33.0 Å². The minimum Gasteiger partial charge on any atom is -0.493 e. The predicted molar refractivity (Wildman–Crippen MR) is 95.6 cm³/mol. The number of hydrogen-bond acceptors (Lipinski definition) is 5. The normalized spacial score (nSPS) is 12.0. The maximum atomic E-state index is 13.3. The summed E-state index contributed by atoms with van der Waals surface area (Å²) in [7, 11) is -0.739. The van der Waals surface area contributed by atoms with Gasteiger partial charge in [0.2, 0.25) is 10.0 Å². The number of benzene rings is 1. The summed E-state index contributed by atoms with van der Waals surface area (Å²) in [5.41, 5.74) is 0.596. The van der Waals surface area contributed by atoms with Crippen molar-refractivity contribution in [3.63, 3.8) is 0 Å². The Bertz CT molecular complexity index is 839. The number of methoxy groups -OCH3 is 2. The van der Waals surface area contributed by atoms with Gasteiger partial charge in [-0.15, -0.1) is 0 Å². The monoisotopic (exact) mass is 367 g/mol. The quantitative estimate of drug-likeness (QED) is 0.749. The van der Waals surface area contributed by atoms with Crippen molar-refractivity contribution >= 4 is 10.0 Å². The number of furan rings is 1. The van der Waals surface area contributed by atoms with Crippen LogP contribution in [0.15, 0.2) is 33.6 Å². The summed E-state index contributed by atoms with van der Waals surface area (Å²) >= 11 is 0. The van der Waals surface area contributed by atoms with E-state index in [2.05, 4.69) is 0 Å². The molecule has 7 heteroatoms. The molecule has 0 unspecified atom stereocenters. The lowest BCUT2D eigenvalue weighted by Gasteiger charge is -2.26. The molecule has 2 aromatic rings. The number of ether oxygens (including phenoxy) is 2. The molecule has 0 fully saturated rings. The van der Waals surface area contributed by atoms with E-state index >= 15 is 0 Å². The molecule has 2 rings (SSSR count). The Morgan fingerprint density at radius 2 is 1.68 bits per heavy atom. The van der Waals surface area contributed by atoms with Gasteiger partial charge in [0.1, 0.15) is 11.5 Å². The lowest BCUT2D eigenvalue weighted by molar-refractivity contribution is 0.314. The van der Waals surface area contributed by atoms with Gasteiger partial charge < -0.3 is 13.9 Å². The fraction of sp³-hybridized carbons (Fsp3) is 0.444. The highest BCUT2D eigenvalue weighted by molar-refractivity contribution is 7.89. The molecule has 0 amide bonds. The molecule has 0 bridgehead atoms. The molecule has 0 saturated heterocycles. The standard InChI is InChI=1S/C18H25NO5S/c1-12(2)19(11-15-8-7-14(4)24-15)25(20,21)18-10-17(23-6)16(22-5)9-13(18)3/h7-10,12H,11H2,1-6H3. The molecule has 0 radical (unpaired) electrons. The zero-order valence-electron chi connectivity index (χ0n) is 15.5. The molecule has 1 aromatic heterocycles. The van der Waals surface area contributed by atoms with Crippen molar-refractivity contribution in [3.8, 4) is 11.5 Å². The van der Waals surface area contributed by atoms with Crippen molar-refractivity contribution in [1.29, 1.82) is 0 Å². The first kappa shape index (κ1) is 19.3. The molecule has 138 valence electrons. The summed E-state index contributed by atoms with van der Waals surface area (Å²) in [4.78, 5) is 0.196. The molecule has 0 aliphatic heterocycles. The minimum absolute atomic E-state index is 0.168. The van der Waals surface area contributed by atoms with Crippen LogP contribution in [-0.2, 0) is 16.6 Å². The average Bonchev–Trinajstić information content (AvgIpc) is 2.96. The number of sulfonamides is 1. The van der Waals surface area contributed by atoms with Gasteiger partial charge in [0, 0.05) is 12.1 Å². The zero-order chi connectivity index (χ0) is 18.8. The van der Waals surface area contributed by atoms with Crippen LogP contribution in [0.1, 0.15) is 30.9 Å². The van der Waals surface area contributed by atoms with Gasteiger partial charge in [-0.25, -0.2) is 8.42 Å². The molecular weight excluding hydrogens is 342 g/mol. The lowest BCUT2D eigenvalue weighted by Crippen LogP contribution is -2.36. The Balaban J connectivity index is 2.50. The maximum Gasteiger partial charge on any atom is 0.244 e. The summed E-state index contributed by atoms with van der Waals surface area (Å²) in [6, 6.07) is 6.56. The molecule has 0 spiro atoms. The Kier molecular flexibility index (Phi) is 5.80. The number of rotatable bonds is 7. The van der Waals surface area contributed by atoms with Crippen LogP contribution >= 0.6 is 0 Å². The minimum atomic E-state index is -3.74. The summed E-state index contributed by atoms with van der Waals surface area (Å²) in [6.07, 6.45) is 0. The highest BCUT2D eigenvalue weighted by Crippen LogP contribution is 2.34. The zero-order valence-corrected chi connectivity index (χ0v) is 16.3. The van der Waals surface area contributed by atoms with Gasteiger partial charge in [-0.05, 0) is 51.5 Å². The van der Waals surface area contributed by atoms with Crippen LogP contribution in [0.25, 0.3) is 0 Å². The molecular formula is C18H25NO5S. The van der Waals surface area contributed by atoms with Crippen molar-refractivity contribution in [3.05, 3.63) is 41.3 Å². The van der Waals surface area contributed by atoms with Gasteiger partial charge in [0.05, 0.1) is 25.7 Å². The van der Waals surface area contributed by atoms with Crippen molar-refractivity contribution in [1.82, 2.24) is 4.31 Å². The van der Waals surface area contributed by atoms with Crippen LogP contribution < -0.4 is 9.47 Å². The Hall–Kier alpha value is -1.99. The topological polar surface area (TPSA) is 69.0 Å². The molecule has 0 atom stereocenters. The molecule has 1 heterocycles. The lowest BCUT2D eigenvalue weighted by atomic mass is 10.2. The Morgan fingerprint density at radius 1 is 1.08 bits per heavy atom. The van der Waals surface area contributed by atoms with E-state index in [9.17, 15) is 8.42 Å². The largest absolute Gasteiger partial charge is 0.493 e. The number of aryl methyl sites for hydroxylation is 2. The molecule has 25 heavy (non-hydrogen) atoms. The number of nitrogens with zero attached hydrogens (tertiary/aromatic N) is 1. The molecule has 0 N–H and O–H groups in total.